The van der Waals surface area contributed by atoms with E-state index >= 15 is 0 Å². The Morgan fingerprint density at radius 2 is 1.96 bits per heavy atom. The molecule has 0 aliphatic heterocycles. The number of hydrogen-bond donors (Lipinski definition) is 2. The van der Waals surface area contributed by atoms with Crippen molar-refractivity contribution in [3.63, 3.8) is 0 Å². The Hall–Kier alpha value is -0.970. The largest absolute Gasteiger partial charge is 0.391 e. The zero-order valence-electron chi connectivity index (χ0n) is 16.5. The van der Waals surface area contributed by atoms with Gasteiger partial charge in [-0.3, -0.25) is 9.59 Å². The summed E-state index contributed by atoms with van der Waals surface area (Å²) in [6.45, 7) is 7.36. The number of aliphatic hydroxyl groups excluding tert-OH is 1. The molecule has 2 N–H and O–H groups in total. The Balaban J connectivity index is 1.85. The van der Waals surface area contributed by atoms with Gasteiger partial charge < -0.3 is 10.2 Å². The maximum Gasteiger partial charge on any atom is 0.178 e. The van der Waals surface area contributed by atoms with Gasteiger partial charge in [0.05, 0.1) is 11.0 Å². The van der Waals surface area contributed by atoms with Crippen LogP contribution < -0.4 is 0 Å². The number of carbonyl (C=O) groups excluding carboxylic acids is 2. The van der Waals surface area contributed by atoms with Crippen LogP contribution in [0.4, 0.5) is 0 Å². The Morgan fingerprint density at radius 1 is 1.30 bits per heavy atom. The molecule has 0 heterocycles. The summed E-state index contributed by atoms with van der Waals surface area (Å²) in [5.41, 5.74) is -1.76. The number of hydrogen-bond acceptors (Lipinski definition) is 4. The summed E-state index contributed by atoms with van der Waals surface area (Å²) in [6, 6.07) is 0. The molecule has 0 spiro atoms. The molecule has 4 rings (SSSR count). The van der Waals surface area contributed by atoms with E-state index in [1.807, 2.05) is 26.8 Å². The molecule has 148 valence electrons. The molecule has 3 saturated carbocycles. The van der Waals surface area contributed by atoms with Crippen LogP contribution in [0.3, 0.4) is 0 Å². The molecule has 27 heavy (non-hydrogen) atoms. The molecule has 4 aliphatic carbocycles. The quantitative estimate of drug-likeness (QED) is 0.672. The van der Waals surface area contributed by atoms with Crippen LogP contribution in [-0.4, -0.2) is 38.4 Å². The van der Waals surface area contributed by atoms with Crippen LogP contribution in [-0.2, 0) is 9.59 Å². The number of rotatable bonds is 1. The van der Waals surface area contributed by atoms with Crippen molar-refractivity contribution in [1.29, 1.82) is 0 Å². The Bertz CT molecular complexity index is 787. The molecule has 3 fully saturated rings. The van der Waals surface area contributed by atoms with Crippen molar-refractivity contribution in [3.8, 4) is 0 Å². The molecule has 0 aromatic heterocycles. The van der Waals surface area contributed by atoms with Gasteiger partial charge >= 0.3 is 0 Å². The summed E-state index contributed by atoms with van der Waals surface area (Å²) in [4.78, 5) is 23.4. The summed E-state index contributed by atoms with van der Waals surface area (Å²) in [5, 5.41) is 22.8. The Morgan fingerprint density at radius 3 is 2.59 bits per heavy atom. The average Bonchev–Trinajstić information content (AvgIpc) is 2.79. The van der Waals surface area contributed by atoms with Crippen molar-refractivity contribution in [1.82, 2.24) is 0 Å². The fourth-order valence-corrected chi connectivity index (χ4v) is 7.82. The van der Waals surface area contributed by atoms with E-state index in [1.54, 1.807) is 12.2 Å². The lowest BCUT2D eigenvalue weighted by Gasteiger charge is -2.63. The zero-order valence-corrected chi connectivity index (χ0v) is 17.2. The first-order valence-corrected chi connectivity index (χ1v) is 10.4. The van der Waals surface area contributed by atoms with Crippen LogP contribution in [0.2, 0.25) is 0 Å². The minimum atomic E-state index is -1.44. The highest BCUT2D eigenvalue weighted by Crippen LogP contribution is 2.71. The number of fused-ring (bicyclic) bond motifs is 5. The third-order valence-electron chi connectivity index (χ3n) is 8.76. The predicted molar refractivity (Wildman–Crippen MR) is 103 cm³/mol. The van der Waals surface area contributed by atoms with Crippen molar-refractivity contribution in [2.45, 2.75) is 70.0 Å². The monoisotopic (exact) mass is 392 g/mol. The highest BCUT2D eigenvalue weighted by Gasteiger charge is 2.74. The minimum Gasteiger partial charge on any atom is -0.391 e. The van der Waals surface area contributed by atoms with Crippen molar-refractivity contribution in [2.75, 3.05) is 0 Å². The van der Waals surface area contributed by atoms with Gasteiger partial charge in [-0.15, -0.1) is 11.6 Å². The topological polar surface area (TPSA) is 74.6 Å². The summed E-state index contributed by atoms with van der Waals surface area (Å²) in [5.74, 6) is -0.420. The highest BCUT2D eigenvalue weighted by atomic mass is 35.5. The van der Waals surface area contributed by atoms with Crippen LogP contribution in [0.25, 0.3) is 0 Å². The van der Waals surface area contributed by atoms with Gasteiger partial charge in [-0.1, -0.05) is 32.4 Å². The summed E-state index contributed by atoms with van der Waals surface area (Å²) < 4.78 is 0. The number of allylic oxidation sites excluding steroid dienone is 4. The number of halogens is 1. The molecule has 0 bridgehead atoms. The summed E-state index contributed by atoms with van der Waals surface area (Å²) in [7, 11) is 0. The first kappa shape index (κ1) is 19.4. The SMILES string of the molecule is CC(=O)[C@@]1(O)[C@@H](C)C[C@H]2C3CCC4=CC(=O)C=C[C@]4(C)[C@@]3(Cl)[C@@H](O)C[C@@]21C. The van der Waals surface area contributed by atoms with Gasteiger partial charge in [0.25, 0.3) is 0 Å². The van der Waals surface area contributed by atoms with Gasteiger partial charge in [-0.2, -0.15) is 0 Å². The summed E-state index contributed by atoms with van der Waals surface area (Å²) >= 11 is 7.32. The van der Waals surface area contributed by atoms with E-state index in [9.17, 15) is 19.8 Å². The van der Waals surface area contributed by atoms with Crippen molar-refractivity contribution < 1.29 is 19.8 Å². The van der Waals surface area contributed by atoms with Gasteiger partial charge in [0.1, 0.15) is 5.60 Å². The van der Waals surface area contributed by atoms with Crippen LogP contribution in [0, 0.1) is 28.6 Å². The second-order valence-corrected chi connectivity index (χ2v) is 10.3. The summed E-state index contributed by atoms with van der Waals surface area (Å²) in [6.07, 6.45) is 6.71. The lowest BCUT2D eigenvalue weighted by Crippen LogP contribution is -2.68. The Kier molecular flexibility index (Phi) is 3.98. The minimum absolute atomic E-state index is 0.0308. The number of ketones is 2. The van der Waals surface area contributed by atoms with E-state index in [-0.39, 0.29) is 35.7 Å². The fraction of sp³-hybridized carbons (Fsp3) is 0.727. The predicted octanol–water partition coefficient (Wildman–Crippen LogP) is 3.19. The molecule has 8 atom stereocenters. The van der Waals surface area contributed by atoms with E-state index in [0.29, 0.717) is 0 Å². The first-order valence-electron chi connectivity index (χ1n) is 9.97. The van der Waals surface area contributed by atoms with Crippen molar-refractivity contribution in [3.05, 3.63) is 23.8 Å². The highest BCUT2D eigenvalue weighted by molar-refractivity contribution is 6.26. The third-order valence-corrected chi connectivity index (χ3v) is 9.68. The average molecular weight is 393 g/mol. The van der Waals surface area contributed by atoms with Gasteiger partial charge in [0.15, 0.2) is 11.6 Å². The molecule has 0 radical (unpaired) electrons. The lowest BCUT2D eigenvalue weighted by atomic mass is 9.45. The number of Topliss-reactive ketones (excluding diaryl/α,β-unsaturated/α-hetero) is 1. The van der Waals surface area contributed by atoms with Gasteiger partial charge in [-0.25, -0.2) is 0 Å². The van der Waals surface area contributed by atoms with Gasteiger partial charge in [0, 0.05) is 10.8 Å². The fourth-order valence-electron chi connectivity index (χ4n) is 7.30. The molecule has 1 unspecified atom stereocenters. The number of alkyl halides is 1. The molecular weight excluding hydrogens is 364 g/mol. The first-order chi connectivity index (χ1) is 12.4. The number of aliphatic hydroxyl groups is 2. The van der Waals surface area contributed by atoms with E-state index in [4.69, 9.17) is 11.6 Å². The van der Waals surface area contributed by atoms with Crippen LogP contribution in [0.15, 0.2) is 23.8 Å². The third kappa shape index (κ3) is 2.02. The smallest absolute Gasteiger partial charge is 0.178 e. The maximum absolute atomic E-state index is 12.5. The standard InChI is InChI=1S/C22H29ClO4/c1-12-9-17-16-6-5-14-10-15(25)7-8-19(14,3)21(16,23)18(26)11-20(17,4)22(12,27)13(2)24/h7-8,10,12,16-18,26-27H,5-6,9,11H2,1-4H3/t12-,16?,17-,18-,19-,20-,21-,22-/m0/s1. The molecule has 4 aliphatic rings. The molecule has 0 aromatic rings. The molecule has 5 heteroatoms. The molecule has 4 nitrogen and oxygen atoms in total. The van der Waals surface area contributed by atoms with Crippen LogP contribution in [0.1, 0.15) is 53.4 Å². The van der Waals surface area contributed by atoms with E-state index in [2.05, 4.69) is 0 Å². The van der Waals surface area contributed by atoms with E-state index < -0.39 is 27.4 Å². The van der Waals surface area contributed by atoms with Crippen LogP contribution >= 0.6 is 11.6 Å². The molecule has 0 aromatic carbocycles. The van der Waals surface area contributed by atoms with E-state index in [1.165, 1.54) is 6.92 Å². The van der Waals surface area contributed by atoms with Gasteiger partial charge in [0.2, 0.25) is 0 Å². The lowest BCUT2D eigenvalue weighted by molar-refractivity contribution is -0.175. The Labute approximate surface area is 165 Å². The van der Waals surface area contributed by atoms with E-state index in [0.717, 1.165) is 24.8 Å². The number of carbonyl (C=O) groups is 2. The maximum atomic E-state index is 12.5. The molecule has 0 saturated heterocycles. The molecule has 0 amide bonds. The normalized spacial score (nSPS) is 54.0. The van der Waals surface area contributed by atoms with Gasteiger partial charge in [-0.05, 0) is 62.5 Å². The molecular formula is C22H29ClO4. The van der Waals surface area contributed by atoms with Crippen molar-refractivity contribution >= 4 is 23.2 Å². The van der Waals surface area contributed by atoms with Crippen molar-refractivity contribution in [2.24, 2.45) is 28.6 Å². The van der Waals surface area contributed by atoms with Crippen LogP contribution in [0.5, 0.6) is 0 Å². The second kappa shape index (κ2) is 5.55. The second-order valence-electron chi connectivity index (χ2n) is 9.72. The zero-order chi connectivity index (χ0) is 20.0.